The van der Waals surface area contributed by atoms with E-state index in [1.54, 1.807) is 11.8 Å². The molecule has 1 unspecified atom stereocenters. The molecule has 2 N–H and O–H groups in total. The maximum absolute atomic E-state index is 6.21. The van der Waals surface area contributed by atoms with Crippen LogP contribution in [0.1, 0.15) is 18.7 Å². The van der Waals surface area contributed by atoms with Crippen LogP contribution in [0.4, 0.5) is 0 Å². The topological polar surface area (TPSA) is 43.8 Å². The summed E-state index contributed by atoms with van der Waals surface area (Å²) >= 11 is 5.24. The van der Waals surface area contributed by atoms with Crippen molar-refractivity contribution in [3.05, 3.63) is 46.7 Å². The van der Waals surface area contributed by atoms with Gasteiger partial charge in [0.15, 0.2) is 0 Å². The maximum atomic E-state index is 6.21. The summed E-state index contributed by atoms with van der Waals surface area (Å²) < 4.78 is 3.05. The van der Waals surface area contributed by atoms with Crippen LogP contribution in [0.5, 0.6) is 0 Å². The van der Waals surface area contributed by atoms with E-state index in [0.29, 0.717) is 0 Å². The largest absolute Gasteiger partial charge is 0.322 e. The minimum absolute atomic E-state index is 0.0106. The Bertz CT molecular complexity index is 512. The molecule has 1 aromatic carbocycles. The minimum Gasteiger partial charge on any atom is -0.322 e. The SMILES string of the molecule is CCn1nccc1C(N)CSc1cccc(Br)c1. The molecule has 0 saturated heterocycles. The Morgan fingerprint density at radius 3 is 3.00 bits per heavy atom. The Morgan fingerprint density at radius 2 is 2.28 bits per heavy atom. The van der Waals surface area contributed by atoms with Crippen molar-refractivity contribution in [3.63, 3.8) is 0 Å². The van der Waals surface area contributed by atoms with E-state index in [-0.39, 0.29) is 6.04 Å². The van der Waals surface area contributed by atoms with E-state index < -0.39 is 0 Å². The first-order chi connectivity index (χ1) is 8.70. The lowest BCUT2D eigenvalue weighted by atomic mass is 10.2. The van der Waals surface area contributed by atoms with Crippen molar-refractivity contribution in [2.45, 2.75) is 24.4 Å². The van der Waals surface area contributed by atoms with Gasteiger partial charge >= 0.3 is 0 Å². The molecule has 0 saturated carbocycles. The highest BCUT2D eigenvalue weighted by atomic mass is 79.9. The van der Waals surface area contributed by atoms with E-state index in [9.17, 15) is 0 Å². The molecule has 0 aliphatic carbocycles. The van der Waals surface area contributed by atoms with E-state index in [1.807, 2.05) is 29.1 Å². The van der Waals surface area contributed by atoms with Crippen LogP contribution in [0, 0.1) is 0 Å². The predicted octanol–water partition coefficient (Wildman–Crippen LogP) is 3.46. The molecular weight excluding hydrogens is 310 g/mol. The third-order valence-corrected chi connectivity index (χ3v) is 4.26. The first-order valence-corrected chi connectivity index (χ1v) is 7.64. The number of benzene rings is 1. The summed E-state index contributed by atoms with van der Waals surface area (Å²) in [6, 6.07) is 10.3. The van der Waals surface area contributed by atoms with Gasteiger partial charge in [-0.05, 0) is 31.2 Å². The zero-order valence-electron chi connectivity index (χ0n) is 10.2. The van der Waals surface area contributed by atoms with Gasteiger partial charge in [-0.25, -0.2) is 0 Å². The number of aryl methyl sites for hydroxylation is 1. The summed E-state index contributed by atoms with van der Waals surface area (Å²) in [6.45, 7) is 2.93. The Kier molecular flexibility index (Phi) is 4.86. The fourth-order valence-corrected chi connectivity index (χ4v) is 3.23. The molecular formula is C13H16BrN3S. The maximum Gasteiger partial charge on any atom is 0.0562 e. The van der Waals surface area contributed by atoms with Crippen LogP contribution in [-0.4, -0.2) is 15.5 Å². The number of hydrogen-bond acceptors (Lipinski definition) is 3. The Balaban J connectivity index is 1.98. The fourth-order valence-electron chi connectivity index (χ4n) is 1.75. The van der Waals surface area contributed by atoms with Crippen LogP contribution in [0.25, 0.3) is 0 Å². The van der Waals surface area contributed by atoms with Crippen molar-refractivity contribution in [1.82, 2.24) is 9.78 Å². The molecule has 0 aliphatic rings. The summed E-state index contributed by atoms with van der Waals surface area (Å²) in [6.07, 6.45) is 1.81. The lowest BCUT2D eigenvalue weighted by Crippen LogP contribution is -2.18. The molecule has 5 heteroatoms. The standard InChI is InChI=1S/C13H16BrN3S/c1-2-17-13(6-7-16-17)12(15)9-18-11-5-3-4-10(14)8-11/h3-8,12H,2,9,15H2,1H3. The van der Waals surface area contributed by atoms with Crippen molar-refractivity contribution in [2.75, 3.05) is 5.75 Å². The van der Waals surface area contributed by atoms with Crippen LogP contribution in [0.2, 0.25) is 0 Å². The number of thioether (sulfide) groups is 1. The molecule has 18 heavy (non-hydrogen) atoms. The van der Waals surface area contributed by atoms with Gasteiger partial charge in [0.25, 0.3) is 0 Å². The highest BCUT2D eigenvalue weighted by molar-refractivity contribution is 9.10. The van der Waals surface area contributed by atoms with Crippen LogP contribution in [0.15, 0.2) is 45.9 Å². The van der Waals surface area contributed by atoms with Gasteiger partial charge in [-0.1, -0.05) is 22.0 Å². The zero-order valence-corrected chi connectivity index (χ0v) is 12.6. The second kappa shape index (κ2) is 6.41. The Labute approximate surface area is 120 Å². The van der Waals surface area contributed by atoms with Crippen LogP contribution >= 0.6 is 27.7 Å². The van der Waals surface area contributed by atoms with Crippen molar-refractivity contribution in [1.29, 1.82) is 0 Å². The second-order valence-corrected chi connectivity index (χ2v) is 5.96. The average molecular weight is 326 g/mol. The second-order valence-electron chi connectivity index (χ2n) is 3.95. The number of aromatic nitrogens is 2. The number of hydrogen-bond donors (Lipinski definition) is 1. The molecule has 1 heterocycles. The van der Waals surface area contributed by atoms with Crippen molar-refractivity contribution in [2.24, 2.45) is 5.73 Å². The van der Waals surface area contributed by atoms with Gasteiger partial charge in [0.1, 0.15) is 0 Å². The number of nitrogens with two attached hydrogens (primary N) is 1. The molecule has 1 aromatic heterocycles. The normalized spacial score (nSPS) is 12.6. The summed E-state index contributed by atoms with van der Waals surface area (Å²) in [5, 5.41) is 4.24. The first-order valence-electron chi connectivity index (χ1n) is 5.86. The van der Waals surface area contributed by atoms with E-state index in [0.717, 1.165) is 22.5 Å². The molecule has 2 aromatic rings. The molecule has 0 bridgehead atoms. The van der Waals surface area contributed by atoms with E-state index in [2.05, 4.69) is 40.1 Å². The highest BCUT2D eigenvalue weighted by Crippen LogP contribution is 2.25. The van der Waals surface area contributed by atoms with Gasteiger partial charge < -0.3 is 5.73 Å². The highest BCUT2D eigenvalue weighted by Gasteiger charge is 2.11. The number of halogens is 1. The summed E-state index contributed by atoms with van der Waals surface area (Å²) in [5.74, 6) is 0.849. The Morgan fingerprint density at radius 1 is 1.44 bits per heavy atom. The lowest BCUT2D eigenvalue weighted by molar-refractivity contribution is 0.593. The third-order valence-electron chi connectivity index (χ3n) is 2.65. The van der Waals surface area contributed by atoms with Crippen molar-refractivity contribution < 1.29 is 0 Å². The summed E-state index contributed by atoms with van der Waals surface area (Å²) in [4.78, 5) is 1.22. The van der Waals surface area contributed by atoms with Gasteiger partial charge in [-0.15, -0.1) is 11.8 Å². The third kappa shape index (κ3) is 3.37. The molecule has 0 spiro atoms. The van der Waals surface area contributed by atoms with Crippen LogP contribution in [-0.2, 0) is 6.54 Å². The van der Waals surface area contributed by atoms with E-state index in [1.165, 1.54) is 4.90 Å². The van der Waals surface area contributed by atoms with Crippen LogP contribution < -0.4 is 5.73 Å². The van der Waals surface area contributed by atoms with Gasteiger partial charge in [0.2, 0.25) is 0 Å². The molecule has 2 rings (SSSR count). The number of nitrogens with zero attached hydrogens (tertiary/aromatic N) is 2. The number of rotatable bonds is 5. The summed E-state index contributed by atoms with van der Waals surface area (Å²) in [5.41, 5.74) is 7.31. The zero-order chi connectivity index (χ0) is 13.0. The van der Waals surface area contributed by atoms with Crippen molar-refractivity contribution >= 4 is 27.7 Å². The van der Waals surface area contributed by atoms with E-state index in [4.69, 9.17) is 5.73 Å². The predicted molar refractivity (Wildman–Crippen MR) is 79.7 cm³/mol. The van der Waals surface area contributed by atoms with Gasteiger partial charge in [-0.3, -0.25) is 4.68 Å². The molecule has 0 radical (unpaired) electrons. The fraction of sp³-hybridized carbons (Fsp3) is 0.308. The molecule has 1 atom stereocenters. The lowest BCUT2D eigenvalue weighted by Gasteiger charge is -2.13. The first kappa shape index (κ1) is 13.6. The minimum atomic E-state index is 0.0106. The summed E-state index contributed by atoms with van der Waals surface area (Å²) in [7, 11) is 0. The smallest absolute Gasteiger partial charge is 0.0562 e. The van der Waals surface area contributed by atoms with Gasteiger partial charge in [0, 0.05) is 27.9 Å². The molecule has 0 fully saturated rings. The molecule has 0 aliphatic heterocycles. The monoisotopic (exact) mass is 325 g/mol. The molecule has 0 amide bonds. The van der Waals surface area contributed by atoms with Gasteiger partial charge in [0.05, 0.1) is 11.7 Å². The van der Waals surface area contributed by atoms with Gasteiger partial charge in [-0.2, -0.15) is 5.10 Å². The van der Waals surface area contributed by atoms with Crippen molar-refractivity contribution in [3.8, 4) is 0 Å². The Hall–Kier alpha value is -0.780. The molecule has 3 nitrogen and oxygen atoms in total. The van der Waals surface area contributed by atoms with E-state index >= 15 is 0 Å². The van der Waals surface area contributed by atoms with Crippen LogP contribution in [0.3, 0.4) is 0 Å². The quantitative estimate of drug-likeness (QED) is 0.856. The average Bonchev–Trinajstić information content (AvgIpc) is 2.84. The molecule has 96 valence electrons.